The molecule has 4 rings (SSSR count). The number of rotatable bonds is 2. The number of nitrogens with one attached hydrogen (secondary N) is 2. The average Bonchev–Trinajstić information content (AvgIpc) is 3.13. The van der Waals surface area contributed by atoms with E-state index in [9.17, 15) is 4.79 Å². The number of aryl methyl sites for hydroxylation is 1. The topological polar surface area (TPSA) is 84.8 Å². The first-order valence-corrected chi connectivity index (χ1v) is 6.75. The van der Waals surface area contributed by atoms with Gasteiger partial charge in [0.1, 0.15) is 0 Å². The van der Waals surface area contributed by atoms with Crippen molar-refractivity contribution in [2.24, 2.45) is 0 Å². The fourth-order valence-electron chi connectivity index (χ4n) is 2.39. The number of benzene rings is 1. The van der Waals surface area contributed by atoms with Gasteiger partial charge in [0.15, 0.2) is 5.69 Å². The van der Waals surface area contributed by atoms with Gasteiger partial charge in [-0.15, -0.1) is 0 Å². The fraction of sp³-hybridized carbons (Fsp3) is 0.214. The molecule has 7 heteroatoms. The maximum absolute atomic E-state index is 12.2. The Labute approximate surface area is 119 Å². The molecule has 0 spiro atoms. The molecule has 0 radical (unpaired) electrons. The van der Waals surface area contributed by atoms with Crippen molar-refractivity contribution >= 4 is 22.5 Å². The summed E-state index contributed by atoms with van der Waals surface area (Å²) in [6, 6.07) is 7.24. The third-order valence-electron chi connectivity index (χ3n) is 3.44. The molecule has 1 aromatic carbocycles. The number of aromatic amines is 1. The number of ether oxygens (including phenoxy) is 1. The van der Waals surface area contributed by atoms with Crippen molar-refractivity contribution in [3.8, 4) is 5.88 Å². The normalized spacial score (nSPS) is 13.7. The van der Waals surface area contributed by atoms with Crippen LogP contribution >= 0.6 is 0 Å². The Balaban J connectivity index is 1.58. The molecule has 1 aliphatic rings. The molecule has 0 aliphatic carbocycles. The van der Waals surface area contributed by atoms with Gasteiger partial charge in [-0.25, -0.2) is 4.68 Å². The van der Waals surface area contributed by atoms with Gasteiger partial charge in [-0.2, -0.15) is 10.2 Å². The molecule has 0 unspecified atom stereocenters. The monoisotopic (exact) mass is 283 g/mol. The molecule has 3 heterocycles. The van der Waals surface area contributed by atoms with Gasteiger partial charge in [0, 0.05) is 30.1 Å². The Morgan fingerprint density at radius 1 is 1.38 bits per heavy atom. The smallest absolute Gasteiger partial charge is 0.276 e. The van der Waals surface area contributed by atoms with Gasteiger partial charge >= 0.3 is 0 Å². The second-order valence-corrected chi connectivity index (χ2v) is 4.92. The Hall–Kier alpha value is -2.83. The zero-order valence-corrected chi connectivity index (χ0v) is 11.2. The molecular formula is C14H13N5O2. The number of amides is 1. The van der Waals surface area contributed by atoms with Crippen molar-refractivity contribution < 1.29 is 9.53 Å². The lowest BCUT2D eigenvalue weighted by Crippen LogP contribution is -2.16. The lowest BCUT2D eigenvalue weighted by atomic mass is 10.2. The number of aromatic nitrogens is 4. The van der Waals surface area contributed by atoms with Crippen molar-refractivity contribution in [3.05, 3.63) is 36.2 Å². The Morgan fingerprint density at radius 3 is 3.24 bits per heavy atom. The van der Waals surface area contributed by atoms with E-state index in [0.29, 0.717) is 23.9 Å². The van der Waals surface area contributed by atoms with Crippen LogP contribution in [-0.4, -0.2) is 32.5 Å². The van der Waals surface area contributed by atoms with E-state index in [-0.39, 0.29) is 5.91 Å². The SMILES string of the molecule is O=C(Nc1ccc2cn[nH]c2c1)c1cc2n(n1)CCCO2. The molecule has 2 N–H and O–H groups in total. The van der Waals surface area contributed by atoms with Crippen LogP contribution in [0, 0.1) is 0 Å². The highest BCUT2D eigenvalue weighted by Gasteiger charge is 2.18. The van der Waals surface area contributed by atoms with E-state index in [4.69, 9.17) is 4.74 Å². The van der Waals surface area contributed by atoms with Crippen LogP contribution in [0.15, 0.2) is 30.5 Å². The summed E-state index contributed by atoms with van der Waals surface area (Å²) >= 11 is 0. The highest BCUT2D eigenvalue weighted by Crippen LogP contribution is 2.20. The Morgan fingerprint density at radius 2 is 2.33 bits per heavy atom. The summed E-state index contributed by atoms with van der Waals surface area (Å²) < 4.78 is 7.18. The van der Waals surface area contributed by atoms with E-state index in [2.05, 4.69) is 20.6 Å². The van der Waals surface area contributed by atoms with Gasteiger partial charge < -0.3 is 10.1 Å². The van der Waals surface area contributed by atoms with Gasteiger partial charge in [-0.1, -0.05) is 0 Å². The number of hydrogen-bond acceptors (Lipinski definition) is 4. The molecule has 1 amide bonds. The Bertz CT molecular complexity index is 796. The maximum atomic E-state index is 12.2. The van der Waals surface area contributed by atoms with Crippen LogP contribution in [0.1, 0.15) is 16.9 Å². The first-order valence-electron chi connectivity index (χ1n) is 6.75. The van der Waals surface area contributed by atoms with E-state index < -0.39 is 0 Å². The molecule has 21 heavy (non-hydrogen) atoms. The fourth-order valence-corrected chi connectivity index (χ4v) is 2.39. The predicted octanol–water partition coefficient (Wildman–Crippen LogP) is 1.79. The summed E-state index contributed by atoms with van der Waals surface area (Å²) in [6.07, 6.45) is 2.65. The van der Waals surface area contributed by atoms with Crippen LogP contribution < -0.4 is 10.1 Å². The zero-order chi connectivity index (χ0) is 14.2. The van der Waals surface area contributed by atoms with E-state index in [1.54, 1.807) is 16.9 Å². The summed E-state index contributed by atoms with van der Waals surface area (Å²) in [6.45, 7) is 1.45. The molecule has 2 aromatic heterocycles. The highest BCUT2D eigenvalue weighted by atomic mass is 16.5. The van der Waals surface area contributed by atoms with Crippen molar-refractivity contribution in [2.75, 3.05) is 11.9 Å². The van der Waals surface area contributed by atoms with E-state index in [1.165, 1.54) is 0 Å². The number of carbonyl (C=O) groups is 1. The summed E-state index contributed by atoms with van der Waals surface area (Å²) in [4.78, 5) is 12.2. The predicted molar refractivity (Wildman–Crippen MR) is 76.4 cm³/mol. The molecule has 0 saturated heterocycles. The first kappa shape index (κ1) is 12.0. The van der Waals surface area contributed by atoms with Crippen LogP contribution in [0.5, 0.6) is 5.88 Å². The third-order valence-corrected chi connectivity index (χ3v) is 3.44. The van der Waals surface area contributed by atoms with Crippen molar-refractivity contribution in [1.29, 1.82) is 0 Å². The average molecular weight is 283 g/mol. The molecule has 0 saturated carbocycles. The molecule has 0 fully saturated rings. The number of carbonyl (C=O) groups excluding carboxylic acids is 1. The summed E-state index contributed by atoms with van der Waals surface area (Å²) in [5, 5.41) is 14.9. The quantitative estimate of drug-likeness (QED) is 0.751. The Kier molecular flexibility index (Phi) is 2.63. The largest absolute Gasteiger partial charge is 0.478 e. The second-order valence-electron chi connectivity index (χ2n) is 4.92. The number of anilines is 1. The standard InChI is InChI=1S/C14H13N5O2/c20-14(12-7-13-19(18-12)4-1-5-21-13)16-10-3-2-9-8-15-17-11(9)6-10/h2-3,6-8H,1,4-5H2,(H,15,17)(H,16,20). The molecule has 106 valence electrons. The first-order chi connectivity index (χ1) is 10.3. The van der Waals surface area contributed by atoms with E-state index in [0.717, 1.165) is 23.9 Å². The van der Waals surface area contributed by atoms with Gasteiger partial charge in [-0.3, -0.25) is 9.89 Å². The van der Waals surface area contributed by atoms with Crippen molar-refractivity contribution in [3.63, 3.8) is 0 Å². The van der Waals surface area contributed by atoms with Crippen LogP contribution in [0.2, 0.25) is 0 Å². The van der Waals surface area contributed by atoms with E-state index >= 15 is 0 Å². The number of fused-ring (bicyclic) bond motifs is 2. The molecule has 1 aliphatic heterocycles. The number of hydrogen-bond donors (Lipinski definition) is 2. The molecular weight excluding hydrogens is 270 g/mol. The van der Waals surface area contributed by atoms with Crippen molar-refractivity contribution in [1.82, 2.24) is 20.0 Å². The van der Waals surface area contributed by atoms with Crippen LogP contribution in [0.3, 0.4) is 0 Å². The summed E-state index contributed by atoms with van der Waals surface area (Å²) in [7, 11) is 0. The number of nitrogens with zero attached hydrogens (tertiary/aromatic N) is 3. The van der Waals surface area contributed by atoms with Crippen molar-refractivity contribution in [2.45, 2.75) is 13.0 Å². The van der Waals surface area contributed by atoms with Gasteiger partial charge in [0.25, 0.3) is 5.91 Å². The molecule has 0 atom stereocenters. The second kappa shape index (κ2) is 4.62. The summed E-state index contributed by atoms with van der Waals surface area (Å²) in [5.41, 5.74) is 1.93. The minimum atomic E-state index is -0.251. The number of H-pyrrole nitrogens is 1. The minimum Gasteiger partial charge on any atom is -0.478 e. The van der Waals surface area contributed by atoms with Gasteiger partial charge in [-0.05, 0) is 18.2 Å². The van der Waals surface area contributed by atoms with Gasteiger partial charge in [0.05, 0.1) is 18.3 Å². The molecule has 3 aromatic rings. The third kappa shape index (κ3) is 2.12. The molecule has 0 bridgehead atoms. The minimum absolute atomic E-state index is 0.251. The summed E-state index contributed by atoms with van der Waals surface area (Å²) in [5.74, 6) is 0.398. The lowest BCUT2D eigenvalue weighted by molar-refractivity contribution is 0.102. The van der Waals surface area contributed by atoms with Gasteiger partial charge in [0.2, 0.25) is 5.88 Å². The maximum Gasteiger partial charge on any atom is 0.276 e. The highest BCUT2D eigenvalue weighted by molar-refractivity contribution is 6.03. The lowest BCUT2D eigenvalue weighted by Gasteiger charge is -2.13. The van der Waals surface area contributed by atoms with E-state index in [1.807, 2.05) is 18.2 Å². The molecule has 7 nitrogen and oxygen atoms in total. The zero-order valence-electron chi connectivity index (χ0n) is 11.2. The van der Waals surface area contributed by atoms with Crippen LogP contribution in [-0.2, 0) is 6.54 Å². The van der Waals surface area contributed by atoms with Crippen LogP contribution in [0.25, 0.3) is 10.9 Å². The van der Waals surface area contributed by atoms with Crippen LogP contribution in [0.4, 0.5) is 5.69 Å².